The summed E-state index contributed by atoms with van der Waals surface area (Å²) in [6.07, 6.45) is 0. The van der Waals surface area contributed by atoms with Crippen molar-refractivity contribution in [2.45, 2.75) is 19.6 Å². The summed E-state index contributed by atoms with van der Waals surface area (Å²) in [4.78, 5) is 2.48. The Hall–Kier alpha value is -1.61. The fourth-order valence-corrected chi connectivity index (χ4v) is 2.96. The molecule has 0 saturated carbocycles. The number of halogens is 2. The molecular formula is C21H21BrClN. The molecule has 1 nitrogen and oxygen atoms in total. The van der Waals surface area contributed by atoms with Gasteiger partial charge < -0.3 is 0 Å². The van der Waals surface area contributed by atoms with Gasteiger partial charge in [0.25, 0.3) is 0 Å². The Labute approximate surface area is 158 Å². The second-order valence-corrected chi connectivity index (χ2v) is 6.66. The minimum Gasteiger partial charge on any atom is -0.291 e. The molecule has 0 amide bonds. The molecule has 0 saturated heterocycles. The zero-order valence-electron chi connectivity index (χ0n) is 13.4. The fraction of sp³-hybridized carbons (Fsp3) is 0.143. The predicted octanol–water partition coefficient (Wildman–Crippen LogP) is 6.07. The summed E-state index contributed by atoms with van der Waals surface area (Å²) in [6.45, 7) is 2.84. The average Bonchev–Trinajstić information content (AvgIpc) is 2.59. The van der Waals surface area contributed by atoms with Gasteiger partial charge in [0.05, 0.1) is 0 Å². The molecule has 124 valence electrons. The van der Waals surface area contributed by atoms with Gasteiger partial charge in [0.2, 0.25) is 0 Å². The molecular weight excluding hydrogens is 382 g/mol. The maximum atomic E-state index is 3.51. The van der Waals surface area contributed by atoms with Crippen LogP contribution in [0.1, 0.15) is 16.7 Å². The molecule has 0 spiro atoms. The molecule has 0 aromatic heterocycles. The molecule has 0 bridgehead atoms. The summed E-state index contributed by atoms with van der Waals surface area (Å²) >= 11 is 3.51. The molecule has 0 aliphatic heterocycles. The SMILES string of the molecule is Brc1ccc(CN(Cc2ccccc2)Cc2ccccc2)cc1.Cl. The van der Waals surface area contributed by atoms with Crippen molar-refractivity contribution >= 4 is 28.3 Å². The van der Waals surface area contributed by atoms with Gasteiger partial charge in [-0.15, -0.1) is 12.4 Å². The van der Waals surface area contributed by atoms with Crippen molar-refractivity contribution in [2.75, 3.05) is 0 Å². The Bertz CT molecular complexity index is 672. The van der Waals surface area contributed by atoms with Crippen molar-refractivity contribution in [3.8, 4) is 0 Å². The largest absolute Gasteiger partial charge is 0.291 e. The van der Waals surface area contributed by atoms with Crippen LogP contribution >= 0.6 is 28.3 Å². The number of hydrogen-bond donors (Lipinski definition) is 0. The molecule has 0 heterocycles. The monoisotopic (exact) mass is 401 g/mol. The van der Waals surface area contributed by atoms with E-state index in [0.29, 0.717) is 0 Å². The predicted molar refractivity (Wildman–Crippen MR) is 107 cm³/mol. The lowest BCUT2D eigenvalue weighted by Crippen LogP contribution is -2.22. The molecule has 3 rings (SSSR count). The second-order valence-electron chi connectivity index (χ2n) is 5.74. The van der Waals surface area contributed by atoms with E-state index in [4.69, 9.17) is 0 Å². The first kappa shape index (κ1) is 18.7. The molecule has 0 N–H and O–H groups in total. The van der Waals surface area contributed by atoms with Crippen LogP contribution in [-0.4, -0.2) is 4.90 Å². The Morgan fingerprint density at radius 2 is 0.917 bits per heavy atom. The Balaban J connectivity index is 0.00000208. The van der Waals surface area contributed by atoms with Gasteiger partial charge in [-0.3, -0.25) is 4.90 Å². The Morgan fingerprint density at radius 3 is 1.33 bits per heavy atom. The summed E-state index contributed by atoms with van der Waals surface area (Å²) in [6, 6.07) is 29.9. The highest BCUT2D eigenvalue weighted by Gasteiger charge is 2.08. The Morgan fingerprint density at radius 1 is 0.542 bits per heavy atom. The quantitative estimate of drug-likeness (QED) is 0.483. The van der Waals surface area contributed by atoms with Gasteiger partial charge in [-0.25, -0.2) is 0 Å². The molecule has 0 radical (unpaired) electrons. The van der Waals surface area contributed by atoms with E-state index in [0.717, 1.165) is 24.1 Å². The van der Waals surface area contributed by atoms with Gasteiger partial charge in [0.15, 0.2) is 0 Å². The van der Waals surface area contributed by atoms with Crippen LogP contribution in [0.5, 0.6) is 0 Å². The van der Waals surface area contributed by atoms with Crippen LogP contribution < -0.4 is 0 Å². The minimum atomic E-state index is 0. The molecule has 24 heavy (non-hydrogen) atoms. The maximum Gasteiger partial charge on any atom is 0.0240 e. The molecule has 0 aliphatic rings. The lowest BCUT2D eigenvalue weighted by molar-refractivity contribution is 0.247. The van der Waals surface area contributed by atoms with Gasteiger partial charge in [-0.05, 0) is 28.8 Å². The highest BCUT2D eigenvalue weighted by Crippen LogP contribution is 2.16. The molecule has 0 unspecified atom stereocenters. The van der Waals surface area contributed by atoms with E-state index in [1.54, 1.807) is 0 Å². The van der Waals surface area contributed by atoms with Crippen LogP contribution in [0.4, 0.5) is 0 Å². The standard InChI is InChI=1S/C21H20BrN.ClH/c22-21-13-11-20(12-14-21)17-23(15-18-7-3-1-4-8-18)16-19-9-5-2-6-10-19;/h1-14H,15-17H2;1H. The van der Waals surface area contributed by atoms with Crippen LogP contribution in [0, 0.1) is 0 Å². The third kappa shape index (κ3) is 5.79. The number of benzene rings is 3. The number of nitrogens with zero attached hydrogens (tertiary/aromatic N) is 1. The second kappa shape index (κ2) is 9.63. The maximum absolute atomic E-state index is 3.51. The lowest BCUT2D eigenvalue weighted by Gasteiger charge is -2.23. The Kier molecular flexibility index (Phi) is 7.51. The van der Waals surface area contributed by atoms with E-state index in [2.05, 4.69) is 106 Å². The van der Waals surface area contributed by atoms with Gasteiger partial charge >= 0.3 is 0 Å². The first-order valence-electron chi connectivity index (χ1n) is 7.84. The van der Waals surface area contributed by atoms with E-state index in [9.17, 15) is 0 Å². The molecule has 3 aromatic carbocycles. The highest BCUT2D eigenvalue weighted by molar-refractivity contribution is 9.10. The van der Waals surface area contributed by atoms with Crippen LogP contribution in [0.15, 0.2) is 89.4 Å². The van der Waals surface area contributed by atoms with Crippen molar-refractivity contribution in [3.63, 3.8) is 0 Å². The summed E-state index contributed by atoms with van der Waals surface area (Å²) < 4.78 is 1.12. The van der Waals surface area contributed by atoms with E-state index in [1.807, 2.05) is 0 Å². The van der Waals surface area contributed by atoms with Gasteiger partial charge in [0.1, 0.15) is 0 Å². The van der Waals surface area contributed by atoms with Crippen molar-refractivity contribution in [1.82, 2.24) is 4.90 Å². The van der Waals surface area contributed by atoms with Crippen molar-refractivity contribution < 1.29 is 0 Å². The molecule has 3 heteroatoms. The molecule has 0 atom stereocenters. The van der Waals surface area contributed by atoms with E-state index in [1.165, 1.54) is 16.7 Å². The van der Waals surface area contributed by atoms with Gasteiger partial charge in [0, 0.05) is 24.1 Å². The lowest BCUT2D eigenvalue weighted by atomic mass is 10.1. The van der Waals surface area contributed by atoms with E-state index in [-0.39, 0.29) is 12.4 Å². The summed E-state index contributed by atoms with van der Waals surface area (Å²) in [5.74, 6) is 0. The van der Waals surface area contributed by atoms with Crippen molar-refractivity contribution in [3.05, 3.63) is 106 Å². The summed E-state index contributed by atoms with van der Waals surface area (Å²) in [5.41, 5.74) is 4.03. The number of hydrogen-bond acceptors (Lipinski definition) is 1. The van der Waals surface area contributed by atoms with Gasteiger partial charge in [-0.2, -0.15) is 0 Å². The van der Waals surface area contributed by atoms with Crippen molar-refractivity contribution in [2.24, 2.45) is 0 Å². The van der Waals surface area contributed by atoms with Crippen LogP contribution in [0.3, 0.4) is 0 Å². The van der Waals surface area contributed by atoms with E-state index < -0.39 is 0 Å². The molecule has 3 aromatic rings. The van der Waals surface area contributed by atoms with Gasteiger partial charge in [-0.1, -0.05) is 88.7 Å². The topological polar surface area (TPSA) is 3.24 Å². The smallest absolute Gasteiger partial charge is 0.0240 e. The van der Waals surface area contributed by atoms with Crippen LogP contribution in [0.2, 0.25) is 0 Å². The zero-order valence-corrected chi connectivity index (χ0v) is 15.8. The van der Waals surface area contributed by atoms with Crippen LogP contribution in [0.25, 0.3) is 0 Å². The molecule has 0 fully saturated rings. The van der Waals surface area contributed by atoms with Crippen LogP contribution in [-0.2, 0) is 19.6 Å². The van der Waals surface area contributed by atoms with Crippen molar-refractivity contribution in [1.29, 1.82) is 0 Å². The third-order valence-electron chi connectivity index (χ3n) is 3.82. The van der Waals surface area contributed by atoms with E-state index >= 15 is 0 Å². The first-order valence-corrected chi connectivity index (χ1v) is 8.63. The summed E-state index contributed by atoms with van der Waals surface area (Å²) in [5, 5.41) is 0. The third-order valence-corrected chi connectivity index (χ3v) is 4.35. The molecule has 0 aliphatic carbocycles. The zero-order chi connectivity index (χ0) is 15.9. The highest BCUT2D eigenvalue weighted by atomic mass is 79.9. The summed E-state index contributed by atoms with van der Waals surface area (Å²) in [7, 11) is 0. The average molecular weight is 403 g/mol. The normalized spacial score (nSPS) is 10.4. The number of rotatable bonds is 6. The minimum absolute atomic E-state index is 0. The fourth-order valence-electron chi connectivity index (χ4n) is 2.70. The first-order chi connectivity index (χ1) is 11.3.